The summed E-state index contributed by atoms with van der Waals surface area (Å²) in [6.07, 6.45) is 0.562. The lowest BCUT2D eigenvalue weighted by Crippen LogP contribution is -2.27. The first-order valence-electron chi connectivity index (χ1n) is 8.26. The summed E-state index contributed by atoms with van der Waals surface area (Å²) in [4.78, 5) is 17.9. The highest BCUT2D eigenvalue weighted by atomic mass is 35.5. The van der Waals surface area contributed by atoms with Gasteiger partial charge in [0.25, 0.3) is 0 Å². The number of hydrogen-bond donors (Lipinski definition) is 1. The Morgan fingerprint density at radius 3 is 2.69 bits per heavy atom. The molecule has 1 amide bonds. The Bertz CT molecular complexity index is 891. The van der Waals surface area contributed by atoms with E-state index in [1.54, 1.807) is 17.4 Å². The molecule has 2 aromatic carbocycles. The monoisotopic (exact) mass is 388 g/mol. The van der Waals surface area contributed by atoms with Gasteiger partial charge in [0.1, 0.15) is 5.82 Å². The van der Waals surface area contributed by atoms with Crippen LogP contribution in [0.3, 0.4) is 0 Å². The number of amides is 1. The van der Waals surface area contributed by atoms with Crippen LogP contribution < -0.4 is 5.32 Å². The van der Waals surface area contributed by atoms with Gasteiger partial charge in [-0.3, -0.25) is 4.79 Å². The third-order valence-electron chi connectivity index (χ3n) is 3.95. The van der Waals surface area contributed by atoms with Gasteiger partial charge in [-0.2, -0.15) is 0 Å². The molecule has 0 aliphatic rings. The Morgan fingerprint density at radius 1 is 1.19 bits per heavy atom. The molecule has 1 heterocycles. The van der Waals surface area contributed by atoms with Crippen LogP contribution in [0.1, 0.15) is 15.4 Å². The highest BCUT2D eigenvalue weighted by Gasteiger charge is 2.13. The lowest BCUT2D eigenvalue weighted by molar-refractivity contribution is -0.120. The SMILES string of the molecule is Cc1sc(CCNC(=O)Cc2c(F)cccc2Cl)nc1-c1ccccc1. The number of aromatic nitrogens is 1. The Balaban J connectivity index is 1.56. The van der Waals surface area contributed by atoms with Crippen LogP contribution in [-0.2, 0) is 17.6 Å². The van der Waals surface area contributed by atoms with Crippen molar-refractivity contribution in [3.63, 3.8) is 0 Å². The molecule has 6 heteroatoms. The third kappa shape index (κ3) is 4.48. The maximum Gasteiger partial charge on any atom is 0.224 e. The Hall–Kier alpha value is -2.24. The molecule has 0 unspecified atom stereocenters. The van der Waals surface area contributed by atoms with E-state index in [-0.39, 0.29) is 22.9 Å². The molecule has 0 aliphatic carbocycles. The fourth-order valence-electron chi connectivity index (χ4n) is 2.66. The first kappa shape index (κ1) is 18.5. The fourth-order valence-corrected chi connectivity index (χ4v) is 3.84. The van der Waals surface area contributed by atoms with Crippen LogP contribution in [0.25, 0.3) is 11.3 Å². The molecule has 0 aliphatic heterocycles. The molecule has 0 saturated carbocycles. The van der Waals surface area contributed by atoms with Crippen LogP contribution >= 0.6 is 22.9 Å². The predicted molar refractivity (Wildman–Crippen MR) is 104 cm³/mol. The topological polar surface area (TPSA) is 42.0 Å². The molecule has 0 bridgehead atoms. The van der Waals surface area contributed by atoms with E-state index in [4.69, 9.17) is 11.6 Å². The summed E-state index contributed by atoms with van der Waals surface area (Å²) in [5, 5.41) is 4.04. The number of rotatable bonds is 6. The van der Waals surface area contributed by atoms with Crippen molar-refractivity contribution in [2.24, 2.45) is 0 Å². The van der Waals surface area contributed by atoms with Crippen LogP contribution in [0.4, 0.5) is 4.39 Å². The van der Waals surface area contributed by atoms with Gasteiger partial charge in [0.05, 0.1) is 17.1 Å². The van der Waals surface area contributed by atoms with E-state index in [0.29, 0.717) is 13.0 Å². The van der Waals surface area contributed by atoms with Crippen molar-refractivity contribution < 1.29 is 9.18 Å². The molecule has 0 fully saturated rings. The van der Waals surface area contributed by atoms with E-state index < -0.39 is 5.82 Å². The van der Waals surface area contributed by atoms with E-state index >= 15 is 0 Å². The van der Waals surface area contributed by atoms with Gasteiger partial charge in [0.15, 0.2) is 0 Å². The average Bonchev–Trinajstić information content (AvgIpc) is 3.00. The van der Waals surface area contributed by atoms with Gasteiger partial charge in [-0.05, 0) is 19.1 Å². The Morgan fingerprint density at radius 2 is 1.96 bits per heavy atom. The molecule has 3 nitrogen and oxygen atoms in total. The smallest absolute Gasteiger partial charge is 0.224 e. The van der Waals surface area contributed by atoms with Crippen molar-refractivity contribution in [2.75, 3.05) is 6.54 Å². The number of halogens is 2. The second-order valence-corrected chi connectivity index (χ2v) is 7.55. The third-order valence-corrected chi connectivity index (χ3v) is 5.33. The summed E-state index contributed by atoms with van der Waals surface area (Å²) >= 11 is 7.58. The highest BCUT2D eigenvalue weighted by molar-refractivity contribution is 7.12. The minimum absolute atomic E-state index is 0.0718. The van der Waals surface area contributed by atoms with E-state index in [1.165, 1.54) is 12.1 Å². The number of aryl methyl sites for hydroxylation is 1. The van der Waals surface area contributed by atoms with Crippen LogP contribution in [0, 0.1) is 12.7 Å². The zero-order valence-corrected chi connectivity index (χ0v) is 15.8. The molecule has 0 spiro atoms. The lowest BCUT2D eigenvalue weighted by atomic mass is 10.1. The van der Waals surface area contributed by atoms with Gasteiger partial charge >= 0.3 is 0 Å². The summed E-state index contributed by atoms with van der Waals surface area (Å²) in [6.45, 7) is 2.49. The van der Waals surface area contributed by atoms with Crippen molar-refractivity contribution in [3.05, 3.63) is 74.8 Å². The van der Waals surface area contributed by atoms with Crippen LogP contribution in [-0.4, -0.2) is 17.4 Å². The van der Waals surface area contributed by atoms with Gasteiger partial charge in [0.2, 0.25) is 5.91 Å². The maximum absolute atomic E-state index is 13.7. The molecule has 134 valence electrons. The molecule has 0 atom stereocenters. The number of thiazole rings is 1. The zero-order chi connectivity index (χ0) is 18.5. The highest BCUT2D eigenvalue weighted by Crippen LogP contribution is 2.27. The fraction of sp³-hybridized carbons (Fsp3) is 0.200. The zero-order valence-electron chi connectivity index (χ0n) is 14.3. The number of carbonyl (C=O) groups is 1. The maximum atomic E-state index is 13.7. The molecule has 3 aromatic rings. The molecule has 0 radical (unpaired) electrons. The van der Waals surface area contributed by atoms with E-state index in [2.05, 4.69) is 10.3 Å². The van der Waals surface area contributed by atoms with Gasteiger partial charge in [0, 0.05) is 34.0 Å². The predicted octanol–water partition coefficient (Wildman–Crippen LogP) is 4.81. The van der Waals surface area contributed by atoms with Gasteiger partial charge in [-0.1, -0.05) is 48.0 Å². The second kappa shape index (κ2) is 8.43. The van der Waals surface area contributed by atoms with E-state index in [1.807, 2.05) is 37.3 Å². The van der Waals surface area contributed by atoms with Crippen molar-refractivity contribution in [3.8, 4) is 11.3 Å². The van der Waals surface area contributed by atoms with Crippen LogP contribution in [0.15, 0.2) is 48.5 Å². The summed E-state index contributed by atoms with van der Waals surface area (Å²) < 4.78 is 13.7. The molecule has 1 N–H and O–H groups in total. The number of benzene rings is 2. The molecule has 3 rings (SSSR count). The van der Waals surface area contributed by atoms with Gasteiger partial charge in [-0.15, -0.1) is 11.3 Å². The number of nitrogens with zero attached hydrogens (tertiary/aromatic N) is 1. The number of nitrogens with one attached hydrogen (secondary N) is 1. The minimum atomic E-state index is -0.462. The van der Waals surface area contributed by atoms with E-state index in [9.17, 15) is 9.18 Å². The number of hydrogen-bond acceptors (Lipinski definition) is 3. The average molecular weight is 389 g/mol. The largest absolute Gasteiger partial charge is 0.355 e. The van der Waals surface area contributed by atoms with Crippen molar-refractivity contribution in [1.82, 2.24) is 10.3 Å². The molecule has 26 heavy (non-hydrogen) atoms. The van der Waals surface area contributed by atoms with Crippen molar-refractivity contribution >= 4 is 28.8 Å². The first-order chi connectivity index (χ1) is 12.5. The quantitative estimate of drug-likeness (QED) is 0.658. The normalized spacial score (nSPS) is 10.7. The summed E-state index contributed by atoms with van der Waals surface area (Å²) in [6, 6.07) is 14.4. The van der Waals surface area contributed by atoms with Crippen LogP contribution in [0.2, 0.25) is 5.02 Å². The van der Waals surface area contributed by atoms with Crippen molar-refractivity contribution in [2.45, 2.75) is 19.8 Å². The molecule has 0 saturated heterocycles. The second-order valence-electron chi connectivity index (χ2n) is 5.86. The van der Waals surface area contributed by atoms with Gasteiger partial charge < -0.3 is 5.32 Å². The summed E-state index contributed by atoms with van der Waals surface area (Å²) in [5.74, 6) is -0.718. The molecular formula is C20H18ClFN2OS. The first-order valence-corrected chi connectivity index (χ1v) is 9.45. The van der Waals surface area contributed by atoms with Crippen molar-refractivity contribution in [1.29, 1.82) is 0 Å². The standard InChI is InChI=1S/C20H18ClFN2OS/c1-13-20(14-6-3-2-4-7-14)24-19(26-13)10-11-23-18(25)12-15-16(21)8-5-9-17(15)22/h2-9H,10-12H2,1H3,(H,23,25). The van der Waals surface area contributed by atoms with Gasteiger partial charge in [-0.25, -0.2) is 9.37 Å². The summed E-state index contributed by atoms with van der Waals surface area (Å²) in [5.41, 5.74) is 2.30. The Labute approximate surface area is 160 Å². The summed E-state index contributed by atoms with van der Waals surface area (Å²) in [7, 11) is 0. The minimum Gasteiger partial charge on any atom is -0.355 e. The lowest BCUT2D eigenvalue weighted by Gasteiger charge is -2.06. The van der Waals surface area contributed by atoms with E-state index in [0.717, 1.165) is 21.1 Å². The molecule has 1 aromatic heterocycles. The Kier molecular flexibility index (Phi) is 6.01. The number of carbonyl (C=O) groups excluding carboxylic acids is 1. The molecular weight excluding hydrogens is 371 g/mol. The van der Waals surface area contributed by atoms with Crippen LogP contribution in [0.5, 0.6) is 0 Å².